The number of halogens is 3. The monoisotopic (exact) mass is 477 g/mol. The first-order valence-electron chi connectivity index (χ1n) is 11.4. The molecule has 0 spiro atoms. The topological polar surface area (TPSA) is 76.4 Å². The Hall–Kier alpha value is -3.07. The van der Waals surface area contributed by atoms with Gasteiger partial charge in [-0.15, -0.1) is 0 Å². The summed E-state index contributed by atoms with van der Waals surface area (Å²) in [4.78, 5) is 15.2. The maximum atomic E-state index is 13.0. The van der Waals surface area contributed by atoms with Gasteiger partial charge in [0.15, 0.2) is 0 Å². The molecule has 1 fully saturated rings. The molecule has 1 atom stereocenters. The second-order valence-corrected chi connectivity index (χ2v) is 8.47. The Morgan fingerprint density at radius 3 is 2.29 bits per heavy atom. The van der Waals surface area contributed by atoms with Crippen molar-refractivity contribution in [3.8, 4) is 0 Å². The van der Waals surface area contributed by atoms with Crippen molar-refractivity contribution in [1.29, 1.82) is 0 Å². The molecule has 1 saturated heterocycles. The van der Waals surface area contributed by atoms with Gasteiger partial charge in [0.2, 0.25) is 0 Å². The van der Waals surface area contributed by atoms with Gasteiger partial charge in [-0.2, -0.15) is 13.2 Å². The SMILES string of the molecule is CCC(Cc1ccc(C(CCC(=O)O)=NO)cc1)N1CCN(c2cccc(C(F)(F)F)c2)CC1. The largest absolute Gasteiger partial charge is 0.481 e. The number of rotatable bonds is 9. The smallest absolute Gasteiger partial charge is 0.416 e. The molecule has 1 aliphatic rings. The fourth-order valence-electron chi connectivity index (χ4n) is 4.34. The molecule has 1 heterocycles. The average molecular weight is 478 g/mol. The molecule has 1 unspecified atom stereocenters. The van der Waals surface area contributed by atoms with Gasteiger partial charge in [0.05, 0.1) is 17.7 Å². The first-order valence-corrected chi connectivity index (χ1v) is 11.4. The number of nitrogens with zero attached hydrogens (tertiary/aromatic N) is 3. The molecule has 0 aliphatic carbocycles. The summed E-state index contributed by atoms with van der Waals surface area (Å²) in [5.74, 6) is -0.947. The normalized spacial score (nSPS) is 16.5. The molecule has 2 N–H and O–H groups in total. The molecule has 0 bridgehead atoms. The molecule has 0 radical (unpaired) electrons. The summed E-state index contributed by atoms with van der Waals surface area (Å²) in [6.45, 7) is 4.99. The molecule has 34 heavy (non-hydrogen) atoms. The van der Waals surface area contributed by atoms with Gasteiger partial charge in [0.25, 0.3) is 0 Å². The van der Waals surface area contributed by atoms with Crippen LogP contribution in [0.3, 0.4) is 0 Å². The van der Waals surface area contributed by atoms with Crippen LogP contribution in [0, 0.1) is 0 Å². The zero-order chi connectivity index (χ0) is 24.7. The number of benzene rings is 2. The van der Waals surface area contributed by atoms with E-state index >= 15 is 0 Å². The van der Waals surface area contributed by atoms with E-state index < -0.39 is 17.7 Å². The molecular formula is C25H30F3N3O3. The minimum Gasteiger partial charge on any atom is -0.481 e. The number of piperazine rings is 1. The predicted octanol–water partition coefficient (Wildman–Crippen LogP) is 4.89. The second kappa shape index (κ2) is 11.4. The molecule has 0 aromatic heterocycles. The van der Waals surface area contributed by atoms with Crippen molar-refractivity contribution in [1.82, 2.24) is 4.90 Å². The van der Waals surface area contributed by atoms with Crippen molar-refractivity contribution >= 4 is 17.4 Å². The van der Waals surface area contributed by atoms with E-state index in [9.17, 15) is 23.2 Å². The van der Waals surface area contributed by atoms with E-state index in [4.69, 9.17) is 5.11 Å². The fraction of sp³-hybridized carbons (Fsp3) is 0.440. The van der Waals surface area contributed by atoms with Gasteiger partial charge in [0.1, 0.15) is 0 Å². The number of oxime groups is 1. The summed E-state index contributed by atoms with van der Waals surface area (Å²) in [5.41, 5.74) is 2.12. The van der Waals surface area contributed by atoms with E-state index in [1.165, 1.54) is 12.1 Å². The molecule has 6 nitrogen and oxygen atoms in total. The molecule has 2 aromatic rings. The zero-order valence-electron chi connectivity index (χ0n) is 19.1. The van der Waals surface area contributed by atoms with Crippen LogP contribution in [-0.2, 0) is 17.4 Å². The van der Waals surface area contributed by atoms with E-state index in [0.29, 0.717) is 36.1 Å². The molecule has 3 rings (SSSR count). The third-order valence-electron chi connectivity index (χ3n) is 6.30. The molecule has 2 aromatic carbocycles. The number of hydrogen-bond donors (Lipinski definition) is 2. The summed E-state index contributed by atoms with van der Waals surface area (Å²) >= 11 is 0. The average Bonchev–Trinajstić information content (AvgIpc) is 2.83. The Balaban J connectivity index is 1.58. The van der Waals surface area contributed by atoms with E-state index in [1.807, 2.05) is 29.2 Å². The van der Waals surface area contributed by atoms with Crippen LogP contribution in [0.15, 0.2) is 53.7 Å². The Labute approximate surface area is 197 Å². The Bertz CT molecular complexity index is 985. The highest BCUT2D eigenvalue weighted by Crippen LogP contribution is 2.32. The van der Waals surface area contributed by atoms with Gasteiger partial charge in [-0.25, -0.2) is 0 Å². The van der Waals surface area contributed by atoms with Gasteiger partial charge in [0, 0.05) is 44.3 Å². The van der Waals surface area contributed by atoms with Crippen LogP contribution in [0.1, 0.15) is 42.9 Å². The standard InChI is InChI=1S/C25H30F3N3O3/c1-2-21(16-18-6-8-19(9-7-18)23(29-34)10-11-24(32)33)30-12-14-31(15-13-30)22-5-3-4-20(17-22)25(26,27)28/h3-9,17,21,34H,2,10-16H2,1H3,(H,32,33). The van der Waals surface area contributed by atoms with Crippen molar-refractivity contribution in [3.05, 3.63) is 65.2 Å². The third-order valence-corrected chi connectivity index (χ3v) is 6.30. The van der Waals surface area contributed by atoms with E-state index in [0.717, 1.165) is 37.6 Å². The van der Waals surface area contributed by atoms with Crippen LogP contribution in [0.2, 0.25) is 0 Å². The number of hydrogen-bond acceptors (Lipinski definition) is 5. The number of anilines is 1. The number of carbonyl (C=O) groups is 1. The van der Waals surface area contributed by atoms with Crippen molar-refractivity contribution in [2.24, 2.45) is 5.16 Å². The van der Waals surface area contributed by atoms with Gasteiger partial charge >= 0.3 is 12.1 Å². The fourth-order valence-corrected chi connectivity index (χ4v) is 4.34. The highest BCUT2D eigenvalue weighted by atomic mass is 19.4. The van der Waals surface area contributed by atoms with Gasteiger partial charge < -0.3 is 15.2 Å². The lowest BCUT2D eigenvalue weighted by atomic mass is 9.98. The first-order chi connectivity index (χ1) is 16.2. The highest BCUT2D eigenvalue weighted by molar-refractivity contribution is 6.01. The number of carboxylic acid groups (broad SMARTS) is 1. The summed E-state index contributed by atoms with van der Waals surface area (Å²) in [6, 6.07) is 13.4. The molecule has 1 aliphatic heterocycles. The van der Waals surface area contributed by atoms with E-state index in [1.54, 1.807) is 6.07 Å². The lowest BCUT2D eigenvalue weighted by molar-refractivity contribution is -0.138. The summed E-state index contributed by atoms with van der Waals surface area (Å²) in [5, 5.41) is 21.3. The number of alkyl halides is 3. The van der Waals surface area contributed by atoms with Crippen molar-refractivity contribution < 1.29 is 28.3 Å². The molecular weight excluding hydrogens is 447 g/mol. The van der Waals surface area contributed by atoms with E-state index in [2.05, 4.69) is 17.0 Å². The van der Waals surface area contributed by atoms with Gasteiger partial charge in [-0.05, 0) is 42.2 Å². The van der Waals surface area contributed by atoms with Crippen molar-refractivity contribution in [2.45, 2.75) is 44.8 Å². The maximum Gasteiger partial charge on any atom is 0.416 e. The zero-order valence-corrected chi connectivity index (χ0v) is 19.1. The van der Waals surface area contributed by atoms with Crippen LogP contribution in [0.5, 0.6) is 0 Å². The lowest BCUT2D eigenvalue weighted by Crippen LogP contribution is -2.51. The quantitative estimate of drug-likeness (QED) is 0.306. The Morgan fingerprint density at radius 2 is 1.74 bits per heavy atom. The lowest BCUT2D eigenvalue weighted by Gasteiger charge is -2.40. The summed E-state index contributed by atoms with van der Waals surface area (Å²) in [7, 11) is 0. The van der Waals surface area contributed by atoms with Crippen LogP contribution in [0.25, 0.3) is 0 Å². The summed E-state index contributed by atoms with van der Waals surface area (Å²) < 4.78 is 39.1. The molecule has 9 heteroatoms. The molecule has 184 valence electrons. The molecule has 0 amide bonds. The minimum atomic E-state index is -4.35. The number of carboxylic acids is 1. The van der Waals surface area contributed by atoms with Crippen molar-refractivity contribution in [3.63, 3.8) is 0 Å². The predicted molar refractivity (Wildman–Crippen MR) is 125 cm³/mol. The van der Waals surface area contributed by atoms with Gasteiger partial charge in [-0.1, -0.05) is 42.4 Å². The van der Waals surface area contributed by atoms with Crippen LogP contribution in [0.4, 0.5) is 18.9 Å². The third kappa shape index (κ3) is 6.72. The minimum absolute atomic E-state index is 0.106. The second-order valence-electron chi connectivity index (χ2n) is 8.47. The van der Waals surface area contributed by atoms with Crippen molar-refractivity contribution in [2.75, 3.05) is 31.1 Å². The Morgan fingerprint density at radius 1 is 1.06 bits per heavy atom. The van der Waals surface area contributed by atoms with Gasteiger partial charge in [-0.3, -0.25) is 9.69 Å². The summed E-state index contributed by atoms with van der Waals surface area (Å²) in [6.07, 6.45) is -2.54. The van der Waals surface area contributed by atoms with E-state index in [-0.39, 0.29) is 12.8 Å². The molecule has 0 saturated carbocycles. The number of aliphatic carboxylic acids is 1. The van der Waals surface area contributed by atoms with Crippen LogP contribution in [-0.4, -0.2) is 59.1 Å². The van der Waals surface area contributed by atoms with Crippen LogP contribution >= 0.6 is 0 Å². The van der Waals surface area contributed by atoms with Crippen LogP contribution < -0.4 is 4.90 Å². The highest BCUT2D eigenvalue weighted by Gasteiger charge is 2.31. The Kier molecular flexibility index (Phi) is 8.55. The first kappa shape index (κ1) is 25.6. The maximum absolute atomic E-state index is 13.0.